The van der Waals surface area contributed by atoms with Gasteiger partial charge in [-0.2, -0.15) is 0 Å². The van der Waals surface area contributed by atoms with E-state index in [1.54, 1.807) is 0 Å². The van der Waals surface area contributed by atoms with Crippen LogP contribution in [-0.4, -0.2) is 31.1 Å². The van der Waals surface area contributed by atoms with Gasteiger partial charge in [0.05, 0.1) is 0 Å². The number of nitrogens with one attached hydrogen (secondary N) is 1. The minimum absolute atomic E-state index is 0.843. The Morgan fingerprint density at radius 3 is 2.81 bits per heavy atom. The van der Waals surface area contributed by atoms with E-state index in [4.69, 9.17) is 5.73 Å². The molecule has 1 fully saturated rings. The maximum Gasteiger partial charge on any atom is 0.0345 e. The van der Waals surface area contributed by atoms with Gasteiger partial charge in [0, 0.05) is 30.5 Å². The van der Waals surface area contributed by atoms with Gasteiger partial charge in [-0.15, -0.1) is 0 Å². The van der Waals surface area contributed by atoms with E-state index < -0.39 is 0 Å². The minimum Gasteiger partial charge on any atom is -0.399 e. The SMILES string of the molecule is Cc1cc(NCCN(C)C2CC2)ccc1N. The van der Waals surface area contributed by atoms with Crippen LogP contribution in [-0.2, 0) is 0 Å². The van der Waals surface area contributed by atoms with Crippen molar-refractivity contribution < 1.29 is 0 Å². The van der Waals surface area contributed by atoms with Crippen LogP contribution in [0.2, 0.25) is 0 Å². The molecule has 2 rings (SSSR count). The molecule has 0 unspecified atom stereocenters. The molecule has 3 nitrogen and oxygen atoms in total. The van der Waals surface area contributed by atoms with Gasteiger partial charge >= 0.3 is 0 Å². The Morgan fingerprint density at radius 1 is 1.44 bits per heavy atom. The predicted molar refractivity (Wildman–Crippen MR) is 69.7 cm³/mol. The van der Waals surface area contributed by atoms with Crippen molar-refractivity contribution in [3.8, 4) is 0 Å². The number of aryl methyl sites for hydroxylation is 1. The predicted octanol–water partition coefficient (Wildman–Crippen LogP) is 2.08. The van der Waals surface area contributed by atoms with Gasteiger partial charge in [0.1, 0.15) is 0 Å². The molecule has 0 aromatic heterocycles. The summed E-state index contributed by atoms with van der Waals surface area (Å²) in [5.41, 5.74) is 8.94. The van der Waals surface area contributed by atoms with Gasteiger partial charge in [0.2, 0.25) is 0 Å². The molecule has 1 aromatic rings. The van der Waals surface area contributed by atoms with Crippen molar-refractivity contribution in [1.29, 1.82) is 0 Å². The molecule has 0 atom stereocenters. The number of nitrogen functional groups attached to an aromatic ring is 1. The fraction of sp³-hybridized carbons (Fsp3) is 0.538. The first-order chi connectivity index (χ1) is 7.66. The van der Waals surface area contributed by atoms with Crippen molar-refractivity contribution in [3.05, 3.63) is 23.8 Å². The highest BCUT2D eigenvalue weighted by atomic mass is 15.2. The van der Waals surface area contributed by atoms with Gasteiger partial charge in [-0.05, 0) is 50.6 Å². The van der Waals surface area contributed by atoms with Gasteiger partial charge in [0.15, 0.2) is 0 Å². The maximum absolute atomic E-state index is 5.78. The van der Waals surface area contributed by atoms with E-state index >= 15 is 0 Å². The molecule has 0 bridgehead atoms. The van der Waals surface area contributed by atoms with Crippen LogP contribution < -0.4 is 11.1 Å². The molecule has 3 heteroatoms. The van der Waals surface area contributed by atoms with Gasteiger partial charge in [-0.3, -0.25) is 0 Å². The third kappa shape index (κ3) is 2.89. The van der Waals surface area contributed by atoms with Crippen LogP contribution in [0.4, 0.5) is 11.4 Å². The number of likely N-dealkylation sites (N-methyl/N-ethyl adjacent to an activating group) is 1. The molecular weight excluding hydrogens is 198 g/mol. The average molecular weight is 219 g/mol. The quantitative estimate of drug-likeness (QED) is 0.745. The summed E-state index contributed by atoms with van der Waals surface area (Å²) in [7, 11) is 2.20. The average Bonchev–Trinajstić information content (AvgIpc) is 3.07. The van der Waals surface area contributed by atoms with E-state index in [-0.39, 0.29) is 0 Å². The van der Waals surface area contributed by atoms with Gasteiger partial charge in [-0.25, -0.2) is 0 Å². The molecule has 16 heavy (non-hydrogen) atoms. The summed E-state index contributed by atoms with van der Waals surface area (Å²) in [6, 6.07) is 6.95. The number of hydrogen-bond donors (Lipinski definition) is 2. The lowest BCUT2D eigenvalue weighted by Crippen LogP contribution is -2.27. The van der Waals surface area contributed by atoms with Crippen LogP contribution in [0.15, 0.2) is 18.2 Å². The van der Waals surface area contributed by atoms with Crippen molar-refractivity contribution in [2.45, 2.75) is 25.8 Å². The first-order valence-electron chi connectivity index (χ1n) is 5.97. The molecule has 3 N–H and O–H groups in total. The monoisotopic (exact) mass is 219 g/mol. The topological polar surface area (TPSA) is 41.3 Å². The van der Waals surface area contributed by atoms with Crippen LogP contribution in [0.1, 0.15) is 18.4 Å². The van der Waals surface area contributed by atoms with Crippen molar-refractivity contribution in [3.63, 3.8) is 0 Å². The van der Waals surface area contributed by atoms with Crippen molar-refractivity contribution in [1.82, 2.24) is 4.90 Å². The Bertz CT molecular complexity index is 358. The number of benzene rings is 1. The highest BCUT2D eigenvalue weighted by Gasteiger charge is 2.25. The summed E-state index contributed by atoms with van der Waals surface area (Å²) in [5, 5.41) is 3.43. The summed E-state index contributed by atoms with van der Waals surface area (Å²) in [6.07, 6.45) is 2.74. The fourth-order valence-electron chi connectivity index (χ4n) is 1.86. The largest absolute Gasteiger partial charge is 0.399 e. The third-order valence-electron chi connectivity index (χ3n) is 3.23. The Kier molecular flexibility index (Phi) is 3.34. The molecule has 0 radical (unpaired) electrons. The molecule has 0 spiro atoms. The van der Waals surface area contributed by atoms with Crippen molar-refractivity contribution in [2.75, 3.05) is 31.2 Å². The second kappa shape index (κ2) is 4.74. The summed E-state index contributed by atoms with van der Waals surface area (Å²) in [6.45, 7) is 4.14. The Morgan fingerprint density at radius 2 is 2.19 bits per heavy atom. The van der Waals surface area contributed by atoms with Gasteiger partial charge in [0.25, 0.3) is 0 Å². The second-order valence-electron chi connectivity index (χ2n) is 4.71. The van der Waals surface area contributed by atoms with Crippen LogP contribution in [0.3, 0.4) is 0 Å². The molecule has 1 aliphatic rings. The molecule has 1 aliphatic carbocycles. The number of hydrogen-bond acceptors (Lipinski definition) is 3. The normalized spacial score (nSPS) is 15.4. The highest BCUT2D eigenvalue weighted by molar-refractivity contribution is 5.56. The lowest BCUT2D eigenvalue weighted by atomic mass is 10.2. The molecule has 1 saturated carbocycles. The van der Waals surface area contributed by atoms with Crippen LogP contribution in [0, 0.1) is 6.92 Å². The Hall–Kier alpha value is -1.22. The van der Waals surface area contributed by atoms with Crippen LogP contribution in [0.25, 0.3) is 0 Å². The summed E-state index contributed by atoms with van der Waals surface area (Å²) in [5.74, 6) is 0. The first-order valence-corrected chi connectivity index (χ1v) is 5.97. The molecule has 0 heterocycles. The summed E-state index contributed by atoms with van der Waals surface area (Å²) in [4.78, 5) is 2.43. The Labute approximate surface area is 97.6 Å². The standard InChI is InChI=1S/C13H21N3/c1-10-9-11(3-6-13(10)14)15-7-8-16(2)12-4-5-12/h3,6,9,12,15H,4-5,7-8,14H2,1-2H3. The van der Waals surface area contributed by atoms with E-state index in [0.29, 0.717) is 0 Å². The lowest BCUT2D eigenvalue weighted by molar-refractivity contribution is 0.337. The van der Waals surface area contributed by atoms with Gasteiger partial charge < -0.3 is 16.0 Å². The first kappa shape index (κ1) is 11.3. The number of rotatable bonds is 5. The summed E-state index contributed by atoms with van der Waals surface area (Å²) >= 11 is 0. The molecule has 0 amide bonds. The zero-order valence-electron chi connectivity index (χ0n) is 10.2. The smallest absolute Gasteiger partial charge is 0.0345 e. The second-order valence-corrected chi connectivity index (χ2v) is 4.71. The lowest BCUT2D eigenvalue weighted by Gasteiger charge is -2.16. The van der Waals surface area contributed by atoms with E-state index in [2.05, 4.69) is 23.3 Å². The third-order valence-corrected chi connectivity index (χ3v) is 3.23. The van der Waals surface area contributed by atoms with Crippen LogP contribution >= 0.6 is 0 Å². The van der Waals surface area contributed by atoms with E-state index in [9.17, 15) is 0 Å². The summed E-state index contributed by atoms with van der Waals surface area (Å²) < 4.78 is 0. The maximum atomic E-state index is 5.78. The molecular formula is C13H21N3. The Balaban J connectivity index is 1.78. The van der Waals surface area contributed by atoms with Crippen LogP contribution in [0.5, 0.6) is 0 Å². The number of anilines is 2. The zero-order chi connectivity index (χ0) is 11.5. The van der Waals surface area contributed by atoms with E-state index in [0.717, 1.165) is 36.1 Å². The molecule has 0 aliphatic heterocycles. The molecule has 88 valence electrons. The van der Waals surface area contributed by atoms with Gasteiger partial charge in [-0.1, -0.05) is 0 Å². The molecule has 1 aromatic carbocycles. The molecule has 0 saturated heterocycles. The number of nitrogens with two attached hydrogens (primary N) is 1. The van der Waals surface area contributed by atoms with E-state index in [1.165, 1.54) is 12.8 Å². The minimum atomic E-state index is 0.843. The highest BCUT2D eigenvalue weighted by Crippen LogP contribution is 2.24. The number of nitrogens with zero attached hydrogens (tertiary/aromatic N) is 1. The van der Waals surface area contributed by atoms with Crippen molar-refractivity contribution in [2.24, 2.45) is 0 Å². The fourth-order valence-corrected chi connectivity index (χ4v) is 1.86. The zero-order valence-corrected chi connectivity index (χ0v) is 10.2. The van der Waals surface area contributed by atoms with E-state index in [1.807, 2.05) is 19.1 Å². The van der Waals surface area contributed by atoms with Crippen molar-refractivity contribution >= 4 is 11.4 Å².